The van der Waals surface area contributed by atoms with Gasteiger partial charge in [-0.15, -0.1) is 0 Å². The molecule has 0 unspecified atom stereocenters. The van der Waals surface area contributed by atoms with Gasteiger partial charge in [-0.2, -0.15) is 0 Å². The van der Waals surface area contributed by atoms with Gasteiger partial charge in [-0.05, 0) is 54.7 Å². The highest BCUT2D eigenvalue weighted by molar-refractivity contribution is 5.97. The summed E-state index contributed by atoms with van der Waals surface area (Å²) in [5, 5.41) is 14.5. The zero-order valence-corrected chi connectivity index (χ0v) is 16.0. The molecule has 0 spiro atoms. The molecular weight excluding hydrogens is 386 g/mol. The van der Waals surface area contributed by atoms with Crippen molar-refractivity contribution in [2.75, 3.05) is 13.2 Å². The van der Waals surface area contributed by atoms with Crippen molar-refractivity contribution in [3.8, 4) is 17.1 Å². The highest BCUT2D eigenvalue weighted by Crippen LogP contribution is 2.34. The van der Waals surface area contributed by atoms with E-state index < -0.39 is 11.7 Å². The van der Waals surface area contributed by atoms with Crippen molar-refractivity contribution in [1.82, 2.24) is 14.7 Å². The predicted octanol–water partition coefficient (Wildman–Crippen LogP) is 3.57. The summed E-state index contributed by atoms with van der Waals surface area (Å²) in [6, 6.07) is 14.9. The number of hydrogen-bond donors (Lipinski definition) is 2. The lowest BCUT2D eigenvalue weighted by atomic mass is 9.91. The van der Waals surface area contributed by atoms with Crippen LogP contribution >= 0.6 is 0 Å². The number of H-pyrrole nitrogens is 1. The van der Waals surface area contributed by atoms with Crippen molar-refractivity contribution in [2.24, 2.45) is 0 Å². The minimum Gasteiger partial charge on any atom is -0.477 e. The quantitative estimate of drug-likeness (QED) is 0.537. The molecule has 0 saturated carbocycles. The van der Waals surface area contributed by atoms with E-state index in [1.165, 1.54) is 5.56 Å². The first-order valence-corrected chi connectivity index (χ1v) is 9.74. The van der Waals surface area contributed by atoms with Gasteiger partial charge in [0.25, 0.3) is 0 Å². The van der Waals surface area contributed by atoms with Crippen molar-refractivity contribution in [3.63, 3.8) is 0 Å². The fourth-order valence-electron chi connectivity index (χ4n) is 4.15. The van der Waals surface area contributed by atoms with Gasteiger partial charge < -0.3 is 14.4 Å². The molecular formula is C22H19N3O5. The van der Waals surface area contributed by atoms with E-state index >= 15 is 0 Å². The van der Waals surface area contributed by atoms with E-state index in [1.807, 2.05) is 12.1 Å². The molecule has 2 aromatic carbocycles. The molecule has 8 nitrogen and oxygen atoms in total. The normalized spacial score (nSPS) is 14.9. The molecule has 3 heterocycles. The van der Waals surface area contributed by atoms with Gasteiger partial charge in [0.05, 0.1) is 11.2 Å². The number of aromatic amines is 1. The Balaban J connectivity index is 1.70. The number of nitrogens with zero attached hydrogens (tertiary/aromatic N) is 2. The number of nitrogens with one attached hydrogen (secondary N) is 1. The Morgan fingerprint density at radius 1 is 1.13 bits per heavy atom. The van der Waals surface area contributed by atoms with Gasteiger partial charge in [0.2, 0.25) is 0 Å². The number of rotatable bonds is 4. The van der Waals surface area contributed by atoms with Crippen LogP contribution in [0, 0.1) is 0 Å². The van der Waals surface area contributed by atoms with Gasteiger partial charge in [-0.25, -0.2) is 9.59 Å². The standard InChI is InChI=1S/C22H19N3O5/c26-21(27)19-12-15-11-14(13-7-9-29-10-8-13)5-6-17(15)25(19)18-4-2-1-3-16(18)20-23-22(28)30-24-20/h1-6,11-13H,7-10H2,(H,26,27)(H,23,24,28). The smallest absolute Gasteiger partial charge is 0.439 e. The highest BCUT2D eigenvalue weighted by atomic mass is 16.5. The number of carboxylic acids is 1. The SMILES string of the molecule is O=C(O)c1cc2cc(C3CCOCC3)ccc2n1-c1ccccc1-c1noc(=O)[nH]1. The molecule has 0 radical (unpaired) electrons. The first kappa shape index (κ1) is 18.4. The Morgan fingerprint density at radius 3 is 2.67 bits per heavy atom. The second-order valence-corrected chi connectivity index (χ2v) is 7.34. The van der Waals surface area contributed by atoms with Gasteiger partial charge in [0, 0.05) is 24.2 Å². The Hall–Kier alpha value is -3.65. The molecule has 8 heteroatoms. The minimum absolute atomic E-state index is 0.132. The summed E-state index contributed by atoms with van der Waals surface area (Å²) in [7, 11) is 0. The monoisotopic (exact) mass is 405 g/mol. The van der Waals surface area contributed by atoms with Crippen molar-refractivity contribution >= 4 is 16.9 Å². The van der Waals surface area contributed by atoms with E-state index in [4.69, 9.17) is 4.74 Å². The van der Waals surface area contributed by atoms with Crippen molar-refractivity contribution < 1.29 is 19.2 Å². The number of fused-ring (bicyclic) bond motifs is 1. The fraction of sp³-hybridized carbons (Fsp3) is 0.227. The largest absolute Gasteiger partial charge is 0.477 e. The van der Waals surface area contributed by atoms with Gasteiger partial charge in [0.15, 0.2) is 5.82 Å². The number of hydrogen-bond acceptors (Lipinski definition) is 5. The van der Waals surface area contributed by atoms with E-state index in [9.17, 15) is 14.7 Å². The summed E-state index contributed by atoms with van der Waals surface area (Å²) in [4.78, 5) is 26.1. The first-order chi connectivity index (χ1) is 14.6. The molecule has 5 rings (SSSR count). The van der Waals surface area contributed by atoms with Crippen molar-refractivity contribution in [1.29, 1.82) is 0 Å². The number of ether oxygens (including phenoxy) is 1. The van der Waals surface area contributed by atoms with Gasteiger partial charge in [-0.3, -0.25) is 9.51 Å². The molecule has 152 valence electrons. The fourth-order valence-corrected chi connectivity index (χ4v) is 4.15. The average molecular weight is 405 g/mol. The maximum Gasteiger partial charge on any atom is 0.439 e. The Labute approximate surface area is 170 Å². The molecule has 0 amide bonds. The maximum atomic E-state index is 12.1. The van der Waals surface area contributed by atoms with Crippen LogP contribution in [0.25, 0.3) is 28.0 Å². The second kappa shape index (κ2) is 7.31. The third-order valence-corrected chi connectivity index (χ3v) is 5.58. The number of aromatic nitrogens is 3. The summed E-state index contributed by atoms with van der Waals surface area (Å²) >= 11 is 0. The summed E-state index contributed by atoms with van der Waals surface area (Å²) < 4.78 is 11.8. The van der Waals surface area contributed by atoms with Crippen LogP contribution in [0.1, 0.15) is 34.8 Å². The summed E-state index contributed by atoms with van der Waals surface area (Å²) in [5.41, 5.74) is 3.24. The zero-order chi connectivity index (χ0) is 20.7. The molecule has 4 aromatic rings. The average Bonchev–Trinajstić information content (AvgIpc) is 3.37. The van der Waals surface area contributed by atoms with Crippen molar-refractivity contribution in [3.05, 3.63) is 70.3 Å². The first-order valence-electron chi connectivity index (χ1n) is 9.74. The zero-order valence-electron chi connectivity index (χ0n) is 16.0. The van der Waals surface area contributed by atoms with Crippen LogP contribution in [0.15, 0.2) is 57.8 Å². The number of carboxylic acid groups (broad SMARTS) is 1. The molecule has 1 aliphatic heterocycles. The minimum atomic E-state index is -1.04. The number of aromatic carboxylic acids is 1. The lowest BCUT2D eigenvalue weighted by Crippen LogP contribution is -2.13. The Kier molecular flexibility index (Phi) is 4.48. The van der Waals surface area contributed by atoms with Crippen LogP contribution in [-0.4, -0.2) is 39.0 Å². The molecule has 30 heavy (non-hydrogen) atoms. The predicted molar refractivity (Wildman–Crippen MR) is 109 cm³/mol. The van der Waals surface area contributed by atoms with Crippen LogP contribution < -0.4 is 5.76 Å². The molecule has 1 fully saturated rings. The maximum absolute atomic E-state index is 12.1. The van der Waals surface area contributed by atoms with E-state index in [-0.39, 0.29) is 11.5 Å². The third-order valence-electron chi connectivity index (χ3n) is 5.58. The Bertz CT molecular complexity index is 1290. The molecule has 1 saturated heterocycles. The van der Waals surface area contributed by atoms with Gasteiger partial charge >= 0.3 is 11.7 Å². The lowest BCUT2D eigenvalue weighted by Gasteiger charge is -2.22. The Morgan fingerprint density at radius 2 is 1.93 bits per heavy atom. The van der Waals surface area contributed by atoms with E-state index in [0.717, 1.165) is 37.0 Å². The molecule has 2 N–H and O–H groups in total. The van der Waals surface area contributed by atoms with Gasteiger partial charge in [0.1, 0.15) is 5.69 Å². The molecule has 0 bridgehead atoms. The molecule has 0 aliphatic carbocycles. The van der Waals surface area contributed by atoms with E-state index in [0.29, 0.717) is 17.2 Å². The van der Waals surface area contributed by atoms with E-state index in [2.05, 4.69) is 26.8 Å². The van der Waals surface area contributed by atoms with Crippen LogP contribution in [0.2, 0.25) is 0 Å². The number of benzene rings is 2. The number of para-hydroxylation sites is 1. The van der Waals surface area contributed by atoms with Crippen LogP contribution in [0.3, 0.4) is 0 Å². The van der Waals surface area contributed by atoms with Crippen LogP contribution in [0.4, 0.5) is 0 Å². The van der Waals surface area contributed by atoms with E-state index in [1.54, 1.807) is 28.8 Å². The topological polar surface area (TPSA) is 110 Å². The van der Waals surface area contributed by atoms with Crippen LogP contribution in [0.5, 0.6) is 0 Å². The lowest BCUT2D eigenvalue weighted by molar-refractivity contribution is 0.0688. The second-order valence-electron chi connectivity index (χ2n) is 7.34. The summed E-state index contributed by atoms with van der Waals surface area (Å²) in [6.45, 7) is 1.49. The third kappa shape index (κ3) is 3.11. The van der Waals surface area contributed by atoms with Crippen molar-refractivity contribution in [2.45, 2.75) is 18.8 Å². The molecule has 0 atom stereocenters. The highest BCUT2D eigenvalue weighted by Gasteiger charge is 2.22. The molecule has 2 aromatic heterocycles. The number of carbonyl (C=O) groups is 1. The molecule has 1 aliphatic rings. The summed E-state index contributed by atoms with van der Waals surface area (Å²) in [5.74, 6) is -1.06. The van der Waals surface area contributed by atoms with Gasteiger partial charge in [-0.1, -0.05) is 23.4 Å². The van der Waals surface area contributed by atoms with Crippen LogP contribution in [-0.2, 0) is 4.74 Å². The summed E-state index contributed by atoms with van der Waals surface area (Å²) in [6.07, 6.45) is 1.92.